The first kappa shape index (κ1) is 17.4. The molecule has 3 N–H and O–H groups in total. The summed E-state index contributed by atoms with van der Waals surface area (Å²) < 4.78 is 0. The van der Waals surface area contributed by atoms with Crippen LogP contribution in [0, 0.1) is 0 Å². The van der Waals surface area contributed by atoms with Gasteiger partial charge in [0.15, 0.2) is 0 Å². The highest BCUT2D eigenvalue weighted by atomic mass is 16.3. The van der Waals surface area contributed by atoms with Gasteiger partial charge in [0.05, 0.1) is 6.61 Å². The summed E-state index contributed by atoms with van der Waals surface area (Å²) in [7, 11) is 3.87. The van der Waals surface area contributed by atoms with Crippen molar-refractivity contribution in [3.8, 4) is 0 Å². The van der Waals surface area contributed by atoms with Crippen molar-refractivity contribution in [2.24, 2.45) is 0 Å². The third-order valence-corrected chi connectivity index (χ3v) is 3.88. The second kappa shape index (κ2) is 7.08. The second-order valence-corrected chi connectivity index (χ2v) is 5.81. The zero-order valence-corrected chi connectivity index (χ0v) is 13.5. The van der Waals surface area contributed by atoms with Gasteiger partial charge in [0.2, 0.25) is 5.72 Å². The summed E-state index contributed by atoms with van der Waals surface area (Å²) >= 11 is 0. The zero-order chi connectivity index (χ0) is 17.0. The van der Waals surface area contributed by atoms with Gasteiger partial charge >= 0.3 is 0 Å². The van der Waals surface area contributed by atoms with Gasteiger partial charge in [0, 0.05) is 24.2 Å². The number of carbonyl (C=O) groups excluding carboxylic acids is 2. The van der Waals surface area contributed by atoms with Crippen LogP contribution in [0.2, 0.25) is 0 Å². The molecule has 1 atom stereocenters. The lowest BCUT2D eigenvalue weighted by molar-refractivity contribution is -0.159. The molecule has 23 heavy (non-hydrogen) atoms. The highest BCUT2D eigenvalue weighted by molar-refractivity contribution is 6.06. The highest BCUT2D eigenvalue weighted by Gasteiger charge is 2.53. The number of aliphatic hydroxyl groups is 2. The van der Waals surface area contributed by atoms with Gasteiger partial charge in [-0.1, -0.05) is 18.2 Å². The van der Waals surface area contributed by atoms with Gasteiger partial charge in [-0.05, 0) is 33.1 Å². The van der Waals surface area contributed by atoms with Gasteiger partial charge in [0.25, 0.3) is 11.8 Å². The van der Waals surface area contributed by atoms with Crippen molar-refractivity contribution in [3.63, 3.8) is 0 Å². The summed E-state index contributed by atoms with van der Waals surface area (Å²) in [6, 6.07) is 6.47. The van der Waals surface area contributed by atoms with Crippen LogP contribution in [0.25, 0.3) is 0 Å². The minimum Gasteiger partial charge on any atom is -0.395 e. The molecule has 2 rings (SSSR count). The quantitative estimate of drug-likeness (QED) is 0.580. The van der Waals surface area contributed by atoms with Crippen LogP contribution in [-0.2, 0) is 10.5 Å². The van der Waals surface area contributed by atoms with Crippen molar-refractivity contribution in [3.05, 3.63) is 35.4 Å². The van der Waals surface area contributed by atoms with Crippen molar-refractivity contribution in [2.45, 2.75) is 12.1 Å². The Bertz CT molecular complexity index is 590. The van der Waals surface area contributed by atoms with E-state index in [9.17, 15) is 19.8 Å². The Hall–Kier alpha value is -1.96. The Labute approximate surface area is 135 Å². The molecule has 7 heteroatoms. The number of amides is 2. The highest BCUT2D eigenvalue weighted by Crippen LogP contribution is 2.37. The van der Waals surface area contributed by atoms with E-state index in [4.69, 9.17) is 0 Å². The molecule has 126 valence electrons. The standard InChI is InChI=1S/C16H23N3O4/c1-18(2)9-5-8-17-15(22)16(23)13-7-4-3-6-12(13)14(21)19(16)10-11-20/h3-4,6-7,20,23H,5,8-11H2,1-2H3,(H,17,22)/t16-/m1/s1. The first-order chi connectivity index (χ1) is 10.9. The molecule has 1 aliphatic rings. The van der Waals surface area contributed by atoms with Crippen molar-refractivity contribution in [1.29, 1.82) is 0 Å². The molecule has 1 aliphatic heterocycles. The number of nitrogens with zero attached hydrogens (tertiary/aromatic N) is 2. The molecule has 1 heterocycles. The molecule has 0 saturated heterocycles. The number of carbonyl (C=O) groups is 2. The van der Waals surface area contributed by atoms with Crippen LogP contribution in [0.4, 0.5) is 0 Å². The number of β-amino-alcohol motifs (C(OH)–C–C–N with tert-alkyl or cyclic N) is 1. The predicted molar refractivity (Wildman–Crippen MR) is 84.6 cm³/mol. The molecule has 0 aromatic heterocycles. The van der Waals surface area contributed by atoms with Crippen LogP contribution < -0.4 is 5.32 Å². The Kier molecular flexibility index (Phi) is 5.35. The van der Waals surface area contributed by atoms with Gasteiger partial charge in [-0.25, -0.2) is 0 Å². The molecule has 0 spiro atoms. The molecule has 0 unspecified atom stereocenters. The number of hydrogen-bond acceptors (Lipinski definition) is 5. The van der Waals surface area contributed by atoms with Crippen molar-refractivity contribution >= 4 is 11.8 Å². The van der Waals surface area contributed by atoms with Crippen LogP contribution in [0.5, 0.6) is 0 Å². The van der Waals surface area contributed by atoms with E-state index < -0.39 is 17.5 Å². The maximum Gasteiger partial charge on any atom is 0.278 e. The number of aliphatic hydroxyl groups excluding tert-OH is 1. The van der Waals surface area contributed by atoms with E-state index in [1.54, 1.807) is 24.3 Å². The fourth-order valence-corrected chi connectivity index (χ4v) is 2.74. The van der Waals surface area contributed by atoms with Gasteiger partial charge in [-0.3, -0.25) is 14.5 Å². The second-order valence-electron chi connectivity index (χ2n) is 5.81. The van der Waals surface area contributed by atoms with Crippen LogP contribution in [0.1, 0.15) is 22.3 Å². The fourth-order valence-electron chi connectivity index (χ4n) is 2.74. The third-order valence-electron chi connectivity index (χ3n) is 3.88. The van der Waals surface area contributed by atoms with E-state index in [1.165, 1.54) is 0 Å². The number of rotatable bonds is 7. The number of benzene rings is 1. The molecule has 7 nitrogen and oxygen atoms in total. The third kappa shape index (κ3) is 3.21. The van der Waals surface area contributed by atoms with E-state index in [1.807, 2.05) is 19.0 Å². The summed E-state index contributed by atoms with van der Waals surface area (Å²) in [5, 5.41) is 22.8. The summed E-state index contributed by atoms with van der Waals surface area (Å²) in [6.07, 6.45) is 0.727. The van der Waals surface area contributed by atoms with Crippen molar-refractivity contribution in [2.75, 3.05) is 40.3 Å². The van der Waals surface area contributed by atoms with Crippen LogP contribution in [0.15, 0.2) is 24.3 Å². The Balaban J connectivity index is 2.21. The predicted octanol–water partition coefficient (Wildman–Crippen LogP) is -0.652. The monoisotopic (exact) mass is 321 g/mol. The van der Waals surface area contributed by atoms with E-state index in [-0.39, 0.29) is 24.3 Å². The first-order valence-corrected chi connectivity index (χ1v) is 7.60. The van der Waals surface area contributed by atoms with Gasteiger partial charge in [-0.15, -0.1) is 0 Å². The normalized spacial score (nSPS) is 20.0. The Morgan fingerprint density at radius 1 is 1.35 bits per heavy atom. The summed E-state index contributed by atoms with van der Waals surface area (Å²) in [6.45, 7) is 0.738. The van der Waals surface area contributed by atoms with Crippen LogP contribution in [0.3, 0.4) is 0 Å². The number of nitrogens with one attached hydrogen (secondary N) is 1. The van der Waals surface area contributed by atoms with E-state index in [0.717, 1.165) is 17.9 Å². The topological polar surface area (TPSA) is 93.1 Å². The summed E-state index contributed by atoms with van der Waals surface area (Å²) in [5.41, 5.74) is -1.54. The summed E-state index contributed by atoms with van der Waals surface area (Å²) in [5.74, 6) is -1.11. The lowest BCUT2D eigenvalue weighted by atomic mass is 10.0. The zero-order valence-electron chi connectivity index (χ0n) is 13.5. The fraction of sp³-hybridized carbons (Fsp3) is 0.500. The molecule has 0 aliphatic carbocycles. The Morgan fingerprint density at radius 2 is 2.04 bits per heavy atom. The van der Waals surface area contributed by atoms with E-state index in [0.29, 0.717) is 6.54 Å². The van der Waals surface area contributed by atoms with E-state index >= 15 is 0 Å². The van der Waals surface area contributed by atoms with E-state index in [2.05, 4.69) is 5.32 Å². The molecule has 0 fully saturated rings. The molecular formula is C16H23N3O4. The minimum atomic E-state index is -2.07. The van der Waals surface area contributed by atoms with Crippen LogP contribution in [-0.4, -0.2) is 72.2 Å². The van der Waals surface area contributed by atoms with Gasteiger partial charge < -0.3 is 20.4 Å². The maximum atomic E-state index is 12.6. The molecule has 0 saturated carbocycles. The largest absolute Gasteiger partial charge is 0.395 e. The van der Waals surface area contributed by atoms with Crippen molar-refractivity contribution in [1.82, 2.24) is 15.1 Å². The molecule has 0 radical (unpaired) electrons. The maximum absolute atomic E-state index is 12.6. The molecule has 1 aromatic rings. The van der Waals surface area contributed by atoms with Crippen molar-refractivity contribution < 1.29 is 19.8 Å². The molecule has 1 aromatic carbocycles. The lowest BCUT2D eigenvalue weighted by Gasteiger charge is -2.32. The van der Waals surface area contributed by atoms with Gasteiger partial charge in [-0.2, -0.15) is 0 Å². The average molecular weight is 321 g/mol. The number of hydrogen-bond donors (Lipinski definition) is 3. The minimum absolute atomic E-state index is 0.116. The average Bonchev–Trinajstić information content (AvgIpc) is 2.75. The van der Waals surface area contributed by atoms with Crippen LogP contribution >= 0.6 is 0 Å². The molecular weight excluding hydrogens is 298 g/mol. The first-order valence-electron chi connectivity index (χ1n) is 7.60. The van der Waals surface area contributed by atoms with Gasteiger partial charge in [0.1, 0.15) is 0 Å². The number of fused-ring (bicyclic) bond motifs is 1. The smallest absolute Gasteiger partial charge is 0.278 e. The Morgan fingerprint density at radius 3 is 2.70 bits per heavy atom. The SMILES string of the molecule is CN(C)CCCNC(=O)[C@]1(O)c2ccccc2C(=O)N1CCO. The molecule has 2 amide bonds. The lowest BCUT2D eigenvalue weighted by Crippen LogP contribution is -2.55. The summed E-state index contributed by atoms with van der Waals surface area (Å²) in [4.78, 5) is 28.0. The molecule has 0 bridgehead atoms.